The Hall–Kier alpha value is -2.34. The van der Waals surface area contributed by atoms with E-state index in [0.717, 1.165) is 74.0 Å². The third-order valence-electron chi connectivity index (χ3n) is 5.63. The number of rotatable bonds is 7. The van der Waals surface area contributed by atoms with Crippen LogP contribution < -0.4 is 4.74 Å². The van der Waals surface area contributed by atoms with E-state index in [1.807, 2.05) is 33.8 Å². The van der Waals surface area contributed by atoms with E-state index in [0.29, 0.717) is 5.92 Å². The maximum Gasteiger partial charge on any atom is 0.257 e. The highest BCUT2D eigenvalue weighted by molar-refractivity contribution is 5.97. The van der Waals surface area contributed by atoms with Crippen LogP contribution in [0.1, 0.15) is 49.4 Å². The Bertz CT molecular complexity index is 818. The average Bonchev–Trinajstić information content (AvgIpc) is 3.10. The molecule has 0 saturated carbocycles. The van der Waals surface area contributed by atoms with Gasteiger partial charge in [-0.15, -0.1) is 0 Å². The van der Waals surface area contributed by atoms with Crippen LogP contribution in [0.5, 0.6) is 5.75 Å². The van der Waals surface area contributed by atoms with Gasteiger partial charge in [0.25, 0.3) is 5.91 Å². The minimum atomic E-state index is 0.132. The van der Waals surface area contributed by atoms with Crippen molar-refractivity contribution >= 4 is 5.91 Å². The second-order valence-electron chi connectivity index (χ2n) is 8.06. The molecule has 1 aliphatic heterocycles. The first-order valence-electron chi connectivity index (χ1n) is 10.7. The Kier molecular flexibility index (Phi) is 6.96. The van der Waals surface area contributed by atoms with Gasteiger partial charge in [-0.05, 0) is 49.6 Å². The van der Waals surface area contributed by atoms with Gasteiger partial charge in [-0.2, -0.15) is 5.10 Å². The Morgan fingerprint density at radius 3 is 2.28 bits per heavy atom. The molecule has 3 rings (SSSR count). The van der Waals surface area contributed by atoms with Crippen molar-refractivity contribution in [2.75, 3.05) is 39.8 Å². The zero-order valence-electron chi connectivity index (χ0n) is 18.4. The summed E-state index contributed by atoms with van der Waals surface area (Å²) in [6.45, 7) is 13.1. The van der Waals surface area contributed by atoms with E-state index in [1.54, 1.807) is 7.11 Å². The number of amides is 1. The van der Waals surface area contributed by atoms with Crippen molar-refractivity contribution in [3.8, 4) is 11.4 Å². The van der Waals surface area contributed by atoms with Crippen LogP contribution in [0.2, 0.25) is 0 Å². The minimum Gasteiger partial charge on any atom is -0.497 e. The van der Waals surface area contributed by atoms with Gasteiger partial charge in [0.2, 0.25) is 0 Å². The molecule has 1 aromatic carbocycles. The third-order valence-corrected chi connectivity index (χ3v) is 5.63. The number of methoxy groups -OCH3 is 1. The van der Waals surface area contributed by atoms with Crippen molar-refractivity contribution in [2.24, 2.45) is 5.92 Å². The predicted molar refractivity (Wildman–Crippen MR) is 116 cm³/mol. The standard InChI is InChI=1S/C23H34N4O2/c1-6-21-22(23(28)26-14-12-25(7-2)13-15-26)20(16-17(3)4)24-27(21)18-8-10-19(29-5)11-9-18/h8-11,17H,6-7,12-16H2,1-5H3. The smallest absolute Gasteiger partial charge is 0.257 e. The molecule has 0 unspecified atom stereocenters. The van der Waals surface area contributed by atoms with Gasteiger partial charge in [-0.1, -0.05) is 27.7 Å². The lowest BCUT2D eigenvalue weighted by Crippen LogP contribution is -2.48. The van der Waals surface area contributed by atoms with Crippen LogP contribution >= 0.6 is 0 Å². The van der Waals surface area contributed by atoms with Crippen molar-refractivity contribution in [1.82, 2.24) is 19.6 Å². The summed E-state index contributed by atoms with van der Waals surface area (Å²) in [7, 11) is 1.66. The summed E-state index contributed by atoms with van der Waals surface area (Å²) in [4.78, 5) is 17.9. The van der Waals surface area contributed by atoms with Crippen LogP contribution in [-0.4, -0.2) is 65.3 Å². The number of benzene rings is 1. The Labute approximate surface area is 174 Å². The van der Waals surface area contributed by atoms with Gasteiger partial charge in [0.15, 0.2) is 0 Å². The van der Waals surface area contributed by atoms with Crippen molar-refractivity contribution < 1.29 is 9.53 Å². The summed E-state index contributed by atoms with van der Waals surface area (Å²) < 4.78 is 7.24. The summed E-state index contributed by atoms with van der Waals surface area (Å²) in [5.41, 5.74) is 3.67. The van der Waals surface area contributed by atoms with Crippen LogP contribution in [0.15, 0.2) is 24.3 Å². The Balaban J connectivity index is 1.99. The number of ether oxygens (including phenoxy) is 1. The first-order chi connectivity index (χ1) is 14.0. The summed E-state index contributed by atoms with van der Waals surface area (Å²) in [5.74, 6) is 1.38. The molecule has 1 aliphatic rings. The van der Waals surface area contributed by atoms with E-state index in [-0.39, 0.29) is 5.91 Å². The highest BCUT2D eigenvalue weighted by Crippen LogP contribution is 2.25. The molecule has 6 heteroatoms. The molecule has 1 saturated heterocycles. The van der Waals surface area contributed by atoms with Gasteiger partial charge in [-0.3, -0.25) is 4.79 Å². The van der Waals surface area contributed by atoms with E-state index < -0.39 is 0 Å². The molecule has 2 aromatic rings. The number of nitrogens with zero attached hydrogens (tertiary/aromatic N) is 4. The largest absolute Gasteiger partial charge is 0.497 e. The number of hydrogen-bond acceptors (Lipinski definition) is 4. The van der Waals surface area contributed by atoms with Crippen molar-refractivity contribution in [1.29, 1.82) is 0 Å². The van der Waals surface area contributed by atoms with E-state index in [4.69, 9.17) is 9.84 Å². The average molecular weight is 399 g/mol. The van der Waals surface area contributed by atoms with Gasteiger partial charge < -0.3 is 14.5 Å². The number of carbonyl (C=O) groups excluding carboxylic acids is 1. The van der Waals surface area contributed by atoms with Gasteiger partial charge in [0.1, 0.15) is 5.75 Å². The van der Waals surface area contributed by atoms with Crippen molar-refractivity contribution in [2.45, 2.75) is 40.5 Å². The van der Waals surface area contributed by atoms with Gasteiger partial charge in [0.05, 0.1) is 29.7 Å². The Morgan fingerprint density at radius 2 is 1.76 bits per heavy atom. The molecule has 0 spiro atoms. The number of likely N-dealkylation sites (N-methyl/N-ethyl adjacent to an activating group) is 1. The summed E-state index contributed by atoms with van der Waals surface area (Å²) in [6.07, 6.45) is 1.55. The highest BCUT2D eigenvalue weighted by Gasteiger charge is 2.29. The molecule has 1 amide bonds. The fourth-order valence-electron chi connectivity index (χ4n) is 3.97. The maximum atomic E-state index is 13.6. The fourth-order valence-corrected chi connectivity index (χ4v) is 3.97. The predicted octanol–water partition coefficient (Wildman–Crippen LogP) is 3.42. The minimum absolute atomic E-state index is 0.132. The fraction of sp³-hybridized carbons (Fsp3) is 0.565. The van der Waals surface area contributed by atoms with Crippen LogP contribution in [0.3, 0.4) is 0 Å². The van der Waals surface area contributed by atoms with Gasteiger partial charge in [-0.25, -0.2) is 4.68 Å². The molecule has 2 heterocycles. The summed E-state index contributed by atoms with van der Waals surface area (Å²) >= 11 is 0. The summed E-state index contributed by atoms with van der Waals surface area (Å²) in [5, 5.41) is 4.91. The molecule has 0 aliphatic carbocycles. The molecule has 0 radical (unpaired) electrons. The molecular weight excluding hydrogens is 364 g/mol. The molecule has 0 N–H and O–H groups in total. The number of carbonyl (C=O) groups is 1. The lowest BCUT2D eigenvalue weighted by molar-refractivity contribution is 0.0641. The normalized spacial score (nSPS) is 15.2. The molecule has 1 aromatic heterocycles. The molecule has 0 bridgehead atoms. The lowest BCUT2D eigenvalue weighted by atomic mass is 10.0. The van der Waals surface area contributed by atoms with Crippen LogP contribution in [-0.2, 0) is 12.8 Å². The number of piperazine rings is 1. The number of aromatic nitrogens is 2. The first-order valence-corrected chi connectivity index (χ1v) is 10.7. The first kappa shape index (κ1) is 21.4. The van der Waals surface area contributed by atoms with Crippen molar-refractivity contribution in [3.63, 3.8) is 0 Å². The summed E-state index contributed by atoms with van der Waals surface area (Å²) in [6, 6.07) is 7.87. The van der Waals surface area contributed by atoms with Gasteiger partial charge >= 0.3 is 0 Å². The molecule has 6 nitrogen and oxygen atoms in total. The second kappa shape index (κ2) is 9.44. The highest BCUT2D eigenvalue weighted by atomic mass is 16.5. The SMILES string of the molecule is CCc1c(C(=O)N2CCN(CC)CC2)c(CC(C)C)nn1-c1ccc(OC)cc1. The van der Waals surface area contributed by atoms with Gasteiger partial charge in [0, 0.05) is 26.2 Å². The van der Waals surface area contributed by atoms with Crippen LogP contribution in [0.4, 0.5) is 0 Å². The third kappa shape index (κ3) is 4.64. The molecule has 158 valence electrons. The lowest BCUT2D eigenvalue weighted by Gasteiger charge is -2.34. The molecule has 0 atom stereocenters. The molecule has 1 fully saturated rings. The molecule has 29 heavy (non-hydrogen) atoms. The van der Waals surface area contributed by atoms with E-state index in [1.165, 1.54) is 0 Å². The van der Waals surface area contributed by atoms with E-state index >= 15 is 0 Å². The zero-order chi connectivity index (χ0) is 21.0. The van der Waals surface area contributed by atoms with E-state index in [9.17, 15) is 4.79 Å². The monoisotopic (exact) mass is 398 g/mol. The number of hydrogen-bond donors (Lipinski definition) is 0. The second-order valence-corrected chi connectivity index (χ2v) is 8.06. The van der Waals surface area contributed by atoms with Crippen molar-refractivity contribution in [3.05, 3.63) is 41.2 Å². The molecular formula is C23H34N4O2. The van der Waals surface area contributed by atoms with Crippen LogP contribution in [0.25, 0.3) is 5.69 Å². The Morgan fingerprint density at radius 1 is 1.10 bits per heavy atom. The maximum absolute atomic E-state index is 13.6. The van der Waals surface area contributed by atoms with E-state index in [2.05, 4.69) is 32.6 Å². The topological polar surface area (TPSA) is 50.6 Å². The quantitative estimate of drug-likeness (QED) is 0.717. The zero-order valence-corrected chi connectivity index (χ0v) is 18.4. The van der Waals surface area contributed by atoms with Crippen LogP contribution in [0, 0.1) is 5.92 Å².